The summed E-state index contributed by atoms with van der Waals surface area (Å²) < 4.78 is 6.36. The van der Waals surface area contributed by atoms with E-state index in [-0.39, 0.29) is 9.76 Å². The Morgan fingerprint density at radius 1 is 1.00 bits per heavy atom. The van der Waals surface area contributed by atoms with Crippen LogP contribution in [-0.2, 0) is 4.12 Å². The van der Waals surface area contributed by atoms with Gasteiger partial charge in [-0.05, 0) is 17.6 Å². The Kier molecular flexibility index (Phi) is 8.52. The summed E-state index contributed by atoms with van der Waals surface area (Å²) in [6.45, 7) is 4.60. The molecule has 0 heterocycles. The van der Waals surface area contributed by atoms with Crippen LogP contribution in [0.5, 0.6) is 0 Å². The molecule has 1 aliphatic carbocycles. The summed E-state index contributed by atoms with van der Waals surface area (Å²) in [7, 11) is -0.595. The lowest BCUT2D eigenvalue weighted by atomic mass is 10.2. The summed E-state index contributed by atoms with van der Waals surface area (Å²) in [5, 5.41) is 0. The quantitative estimate of drug-likeness (QED) is 0.494. The molecule has 0 amide bonds. The van der Waals surface area contributed by atoms with E-state index in [2.05, 4.69) is 13.8 Å². The molecule has 0 unspecified atom stereocenters. The van der Waals surface area contributed by atoms with E-state index in [0.29, 0.717) is 0 Å². The maximum absolute atomic E-state index is 6.36. The van der Waals surface area contributed by atoms with Gasteiger partial charge in [0.2, 0.25) is 0 Å². The van der Waals surface area contributed by atoms with Crippen molar-refractivity contribution >= 4 is 18.8 Å². The Labute approximate surface area is 106 Å². The van der Waals surface area contributed by atoms with Crippen molar-refractivity contribution in [1.29, 1.82) is 0 Å². The number of rotatable bonds is 7. The first-order chi connectivity index (χ1) is 7.86. The molecule has 95 valence electrons. The minimum absolute atomic E-state index is 0.199. The molecule has 0 aromatic rings. The van der Waals surface area contributed by atoms with Gasteiger partial charge in [0.1, 0.15) is 9.76 Å². The third-order valence-electron chi connectivity index (χ3n) is 3.56. The molecular formula is C13H29OSi2. The molecule has 0 bridgehead atoms. The molecular weight excluding hydrogens is 228 g/mol. The van der Waals surface area contributed by atoms with Gasteiger partial charge in [-0.15, -0.1) is 0 Å². The molecule has 0 aromatic heterocycles. The van der Waals surface area contributed by atoms with Gasteiger partial charge in [0.15, 0.2) is 9.04 Å². The number of hydrogen-bond acceptors (Lipinski definition) is 1. The Balaban J connectivity index is 2.18. The molecule has 1 nitrogen and oxygen atoms in total. The first kappa shape index (κ1) is 14.5. The number of hydrogen-bond donors (Lipinski definition) is 0. The highest BCUT2D eigenvalue weighted by Crippen LogP contribution is 2.27. The lowest BCUT2D eigenvalue weighted by Gasteiger charge is -2.19. The molecule has 0 spiro atoms. The first-order valence-corrected chi connectivity index (χ1v) is 10.6. The Morgan fingerprint density at radius 3 is 2.06 bits per heavy atom. The van der Waals surface area contributed by atoms with E-state index >= 15 is 0 Å². The highest BCUT2D eigenvalue weighted by Gasteiger charge is 2.17. The van der Waals surface area contributed by atoms with Gasteiger partial charge in [-0.3, -0.25) is 0 Å². The largest absolute Gasteiger partial charge is 0.460 e. The summed E-state index contributed by atoms with van der Waals surface area (Å²) in [6.07, 6.45) is 11.5. The van der Waals surface area contributed by atoms with Crippen LogP contribution in [0.15, 0.2) is 0 Å². The van der Waals surface area contributed by atoms with Crippen LogP contribution in [0.4, 0.5) is 0 Å². The fraction of sp³-hybridized carbons (Fsp3) is 1.00. The zero-order valence-corrected chi connectivity index (χ0v) is 13.7. The zero-order chi connectivity index (χ0) is 11.6. The smallest absolute Gasteiger partial charge is 0.197 e. The molecule has 1 saturated carbocycles. The van der Waals surface area contributed by atoms with Gasteiger partial charge in [0, 0.05) is 0 Å². The van der Waals surface area contributed by atoms with Crippen molar-refractivity contribution in [1.82, 2.24) is 0 Å². The van der Waals surface area contributed by atoms with E-state index < -0.39 is 9.04 Å². The van der Waals surface area contributed by atoms with Crippen LogP contribution >= 0.6 is 0 Å². The SMILES string of the molecule is CCC[Si](CCC)O[SiH2]C1CCCCCC1. The third-order valence-corrected chi connectivity index (χ3v) is 9.26. The van der Waals surface area contributed by atoms with Crippen LogP contribution in [0.1, 0.15) is 65.2 Å². The Morgan fingerprint density at radius 2 is 1.56 bits per heavy atom. The van der Waals surface area contributed by atoms with Gasteiger partial charge >= 0.3 is 0 Å². The highest BCUT2D eigenvalue weighted by molar-refractivity contribution is 6.58. The third kappa shape index (κ3) is 6.21. The predicted molar refractivity (Wildman–Crippen MR) is 77.0 cm³/mol. The van der Waals surface area contributed by atoms with E-state index in [0.717, 1.165) is 5.54 Å². The monoisotopic (exact) mass is 257 g/mol. The summed E-state index contributed by atoms with van der Waals surface area (Å²) in [5.41, 5.74) is 1.02. The fourth-order valence-electron chi connectivity index (χ4n) is 2.59. The molecule has 1 radical (unpaired) electrons. The lowest BCUT2D eigenvalue weighted by molar-refractivity contribution is 0.550. The minimum atomic E-state index is -0.395. The van der Waals surface area contributed by atoms with Crippen molar-refractivity contribution in [2.45, 2.75) is 82.8 Å². The second-order valence-corrected chi connectivity index (χ2v) is 9.93. The van der Waals surface area contributed by atoms with E-state index in [1.807, 2.05) is 0 Å². The maximum atomic E-state index is 6.36. The van der Waals surface area contributed by atoms with Crippen LogP contribution in [0.25, 0.3) is 0 Å². The molecule has 1 rings (SSSR count). The van der Waals surface area contributed by atoms with Gasteiger partial charge in [-0.2, -0.15) is 0 Å². The van der Waals surface area contributed by atoms with Crippen molar-refractivity contribution in [2.75, 3.05) is 0 Å². The maximum Gasteiger partial charge on any atom is 0.197 e. The van der Waals surface area contributed by atoms with Crippen LogP contribution in [-0.4, -0.2) is 18.8 Å². The highest BCUT2D eigenvalue weighted by atomic mass is 28.3. The van der Waals surface area contributed by atoms with Crippen molar-refractivity contribution in [3.63, 3.8) is 0 Å². The van der Waals surface area contributed by atoms with Gasteiger partial charge in [-0.25, -0.2) is 0 Å². The normalized spacial score (nSPS) is 19.7. The van der Waals surface area contributed by atoms with Crippen LogP contribution in [0.3, 0.4) is 0 Å². The molecule has 0 aliphatic heterocycles. The van der Waals surface area contributed by atoms with Crippen molar-refractivity contribution in [3.8, 4) is 0 Å². The van der Waals surface area contributed by atoms with Crippen LogP contribution < -0.4 is 0 Å². The summed E-state index contributed by atoms with van der Waals surface area (Å²) in [6, 6.07) is 2.77. The van der Waals surface area contributed by atoms with E-state index in [4.69, 9.17) is 4.12 Å². The van der Waals surface area contributed by atoms with Gasteiger partial charge < -0.3 is 4.12 Å². The standard InChI is InChI=1S/C13H29OSi2/c1-3-11-16(12-4-2)14-15-13-9-7-5-6-8-10-13/h13H,3-12,15H2,1-2H3. The second kappa shape index (κ2) is 9.43. The van der Waals surface area contributed by atoms with Crippen LogP contribution in [0.2, 0.25) is 17.6 Å². The van der Waals surface area contributed by atoms with Crippen molar-refractivity contribution in [3.05, 3.63) is 0 Å². The van der Waals surface area contributed by atoms with Gasteiger partial charge in [0.05, 0.1) is 0 Å². The van der Waals surface area contributed by atoms with Crippen molar-refractivity contribution in [2.24, 2.45) is 0 Å². The summed E-state index contributed by atoms with van der Waals surface area (Å²) in [5.74, 6) is 0. The summed E-state index contributed by atoms with van der Waals surface area (Å²) in [4.78, 5) is 0. The minimum Gasteiger partial charge on any atom is -0.460 e. The average Bonchev–Trinajstić information content (AvgIpc) is 2.55. The zero-order valence-electron chi connectivity index (χ0n) is 11.3. The lowest BCUT2D eigenvalue weighted by Crippen LogP contribution is -2.22. The molecule has 3 heteroatoms. The van der Waals surface area contributed by atoms with Gasteiger partial charge in [0.25, 0.3) is 0 Å². The molecule has 1 aliphatic rings. The Bertz CT molecular complexity index is 148. The van der Waals surface area contributed by atoms with E-state index in [9.17, 15) is 0 Å². The van der Waals surface area contributed by atoms with E-state index in [1.54, 1.807) is 0 Å². The predicted octanol–water partition coefficient (Wildman–Crippen LogP) is 4.04. The Hall–Kier alpha value is 0.394. The van der Waals surface area contributed by atoms with E-state index in [1.165, 1.54) is 63.5 Å². The molecule has 0 N–H and O–H groups in total. The average molecular weight is 258 g/mol. The van der Waals surface area contributed by atoms with Crippen molar-refractivity contribution < 1.29 is 4.12 Å². The fourth-order valence-corrected chi connectivity index (χ4v) is 7.91. The summed E-state index contributed by atoms with van der Waals surface area (Å²) >= 11 is 0. The molecule has 1 fully saturated rings. The van der Waals surface area contributed by atoms with Gasteiger partial charge in [-0.1, -0.05) is 65.2 Å². The molecule has 0 aromatic carbocycles. The molecule has 0 saturated heterocycles. The topological polar surface area (TPSA) is 9.23 Å². The van der Waals surface area contributed by atoms with Crippen LogP contribution in [0, 0.1) is 0 Å². The molecule has 0 atom stereocenters. The first-order valence-electron chi connectivity index (χ1n) is 7.34. The molecule has 16 heavy (non-hydrogen) atoms. The second-order valence-electron chi connectivity index (χ2n) is 5.21.